The lowest BCUT2D eigenvalue weighted by Crippen LogP contribution is -2.22. The van der Waals surface area contributed by atoms with Gasteiger partial charge in [-0.2, -0.15) is 8.78 Å². The van der Waals surface area contributed by atoms with Crippen molar-refractivity contribution < 1.29 is 27.5 Å². The summed E-state index contributed by atoms with van der Waals surface area (Å²) < 4.78 is 39.6. The summed E-state index contributed by atoms with van der Waals surface area (Å²) in [6.07, 6.45) is 0. The lowest BCUT2D eigenvalue weighted by molar-refractivity contribution is -0.0512. The van der Waals surface area contributed by atoms with Gasteiger partial charge in [0.2, 0.25) is 0 Å². The third-order valence-electron chi connectivity index (χ3n) is 3.58. The zero-order chi connectivity index (χ0) is 18.7. The molecular formula is C17H14F2N2O4S. The number of halogens is 2. The number of oxazole rings is 1. The summed E-state index contributed by atoms with van der Waals surface area (Å²) >= 11 is 4.90. The average Bonchev–Trinajstić information content (AvgIpc) is 2.98. The van der Waals surface area contributed by atoms with Crippen LogP contribution in [-0.4, -0.2) is 24.6 Å². The molecule has 0 bridgehead atoms. The van der Waals surface area contributed by atoms with Gasteiger partial charge in [0.05, 0.1) is 12.6 Å². The Labute approximate surface area is 151 Å². The van der Waals surface area contributed by atoms with Gasteiger partial charge in [0, 0.05) is 12.1 Å². The van der Waals surface area contributed by atoms with E-state index in [1.165, 1.54) is 19.2 Å². The van der Waals surface area contributed by atoms with E-state index in [0.717, 1.165) is 0 Å². The Bertz CT molecular complexity index is 1000. The van der Waals surface area contributed by atoms with E-state index < -0.39 is 6.61 Å². The number of alkyl halides is 2. The number of hydrogen-bond donors (Lipinski definition) is 2. The van der Waals surface area contributed by atoms with Crippen molar-refractivity contribution in [2.24, 2.45) is 0 Å². The highest BCUT2D eigenvalue weighted by molar-refractivity contribution is 7.71. The third kappa shape index (κ3) is 3.99. The van der Waals surface area contributed by atoms with Crippen molar-refractivity contribution in [3.8, 4) is 11.5 Å². The average molecular weight is 380 g/mol. The van der Waals surface area contributed by atoms with E-state index in [4.69, 9.17) is 21.4 Å². The zero-order valence-electron chi connectivity index (χ0n) is 13.5. The predicted octanol–water partition coefficient (Wildman–Crippen LogP) is 4.03. The number of carbonyl (C=O) groups excluding carboxylic acids is 1. The maximum Gasteiger partial charge on any atom is 0.387 e. The number of amides is 1. The summed E-state index contributed by atoms with van der Waals surface area (Å²) in [6, 6.07) is 9.40. The molecule has 26 heavy (non-hydrogen) atoms. The van der Waals surface area contributed by atoms with Gasteiger partial charge in [-0.3, -0.25) is 4.79 Å². The molecule has 9 heteroatoms. The number of rotatable bonds is 6. The Kier molecular flexibility index (Phi) is 5.17. The van der Waals surface area contributed by atoms with Gasteiger partial charge in [-0.1, -0.05) is 6.07 Å². The van der Waals surface area contributed by atoms with Crippen LogP contribution in [-0.2, 0) is 6.54 Å². The summed E-state index contributed by atoms with van der Waals surface area (Å²) in [7, 11) is 1.35. The van der Waals surface area contributed by atoms with Crippen molar-refractivity contribution in [2.45, 2.75) is 13.2 Å². The van der Waals surface area contributed by atoms with Gasteiger partial charge < -0.3 is 24.2 Å². The van der Waals surface area contributed by atoms with Crippen LogP contribution in [0, 0.1) is 4.84 Å². The van der Waals surface area contributed by atoms with Crippen molar-refractivity contribution in [3.63, 3.8) is 0 Å². The number of methoxy groups -OCH3 is 1. The van der Waals surface area contributed by atoms with E-state index in [9.17, 15) is 13.6 Å². The number of benzene rings is 2. The highest BCUT2D eigenvalue weighted by Crippen LogP contribution is 2.29. The van der Waals surface area contributed by atoms with E-state index in [0.29, 0.717) is 22.2 Å². The van der Waals surface area contributed by atoms with Crippen LogP contribution in [0.25, 0.3) is 11.1 Å². The molecule has 0 saturated carbocycles. The van der Waals surface area contributed by atoms with Crippen molar-refractivity contribution in [2.75, 3.05) is 7.11 Å². The molecule has 0 fully saturated rings. The molecule has 1 aromatic heterocycles. The fourth-order valence-corrected chi connectivity index (χ4v) is 2.59. The van der Waals surface area contributed by atoms with Crippen LogP contribution in [0.5, 0.6) is 11.5 Å². The summed E-state index contributed by atoms with van der Waals surface area (Å²) in [4.78, 5) is 15.4. The number of fused-ring (bicyclic) bond motifs is 1. The predicted molar refractivity (Wildman–Crippen MR) is 92.2 cm³/mol. The number of ether oxygens (including phenoxy) is 2. The van der Waals surface area contributed by atoms with Gasteiger partial charge in [-0.05, 0) is 48.1 Å². The summed E-state index contributed by atoms with van der Waals surface area (Å²) in [5.41, 5.74) is 2.12. The van der Waals surface area contributed by atoms with Gasteiger partial charge in [0.1, 0.15) is 0 Å². The number of carbonyl (C=O) groups is 1. The Morgan fingerprint density at radius 3 is 2.81 bits per heavy atom. The maximum atomic E-state index is 12.5. The number of aromatic amines is 1. The minimum absolute atomic E-state index is 0.0974. The van der Waals surface area contributed by atoms with Gasteiger partial charge in [0.15, 0.2) is 17.1 Å². The van der Waals surface area contributed by atoms with Crippen LogP contribution < -0.4 is 14.8 Å². The van der Waals surface area contributed by atoms with E-state index in [1.54, 1.807) is 24.3 Å². The van der Waals surface area contributed by atoms with Gasteiger partial charge >= 0.3 is 6.61 Å². The van der Waals surface area contributed by atoms with E-state index in [2.05, 4.69) is 15.0 Å². The second-order valence-electron chi connectivity index (χ2n) is 5.27. The van der Waals surface area contributed by atoms with E-state index in [1.807, 2.05) is 0 Å². The van der Waals surface area contributed by atoms with Crippen LogP contribution in [0.2, 0.25) is 0 Å². The van der Waals surface area contributed by atoms with Crippen LogP contribution in [0.3, 0.4) is 0 Å². The number of nitrogens with one attached hydrogen (secondary N) is 2. The first-order valence-corrected chi connectivity index (χ1v) is 7.90. The molecule has 0 radical (unpaired) electrons. The second kappa shape index (κ2) is 7.52. The lowest BCUT2D eigenvalue weighted by atomic mass is 10.1. The minimum Gasteiger partial charge on any atom is -0.493 e. The SMILES string of the molecule is COc1ccc(CNC(=O)c2ccc3[nH]c(=S)oc3c2)cc1OC(F)F. The van der Waals surface area contributed by atoms with Crippen LogP contribution in [0.1, 0.15) is 15.9 Å². The number of aromatic nitrogens is 1. The Hall–Kier alpha value is -2.94. The highest BCUT2D eigenvalue weighted by atomic mass is 32.1. The van der Waals surface area contributed by atoms with Crippen molar-refractivity contribution in [1.82, 2.24) is 10.3 Å². The molecule has 136 valence electrons. The van der Waals surface area contributed by atoms with Crippen molar-refractivity contribution in [1.29, 1.82) is 0 Å². The largest absolute Gasteiger partial charge is 0.493 e. The fraction of sp³-hybridized carbons (Fsp3) is 0.176. The summed E-state index contributed by atoms with van der Waals surface area (Å²) in [5, 5.41) is 2.70. The first kappa shape index (κ1) is 17.9. The molecule has 6 nitrogen and oxygen atoms in total. The van der Waals surface area contributed by atoms with Crippen molar-refractivity contribution in [3.05, 3.63) is 52.4 Å². The molecule has 0 aliphatic rings. The quantitative estimate of drug-likeness (QED) is 0.632. The second-order valence-corrected chi connectivity index (χ2v) is 5.64. The smallest absolute Gasteiger partial charge is 0.387 e. The van der Waals surface area contributed by atoms with E-state index in [-0.39, 0.29) is 28.8 Å². The number of H-pyrrole nitrogens is 1. The third-order valence-corrected chi connectivity index (χ3v) is 3.77. The van der Waals surface area contributed by atoms with Gasteiger partial charge in [-0.25, -0.2) is 0 Å². The maximum absolute atomic E-state index is 12.5. The zero-order valence-corrected chi connectivity index (χ0v) is 14.4. The molecule has 2 aromatic carbocycles. The molecule has 3 aromatic rings. The summed E-state index contributed by atoms with van der Waals surface area (Å²) in [5.74, 6) is -0.263. The number of hydrogen-bond acceptors (Lipinski definition) is 5. The molecule has 1 heterocycles. The van der Waals surface area contributed by atoms with Crippen molar-refractivity contribution >= 4 is 29.2 Å². The summed E-state index contributed by atoms with van der Waals surface area (Å²) in [6.45, 7) is -2.85. The standard InChI is InChI=1S/C17H14F2N2O4S/c1-23-12-5-2-9(6-14(12)24-16(18)19)8-20-15(22)10-3-4-11-13(7-10)25-17(26)21-11/h2-7,16H,8H2,1H3,(H,20,22)(H,21,26). The molecule has 1 amide bonds. The topological polar surface area (TPSA) is 76.5 Å². The molecule has 0 aliphatic heterocycles. The molecular weight excluding hydrogens is 366 g/mol. The molecule has 0 atom stereocenters. The van der Waals surface area contributed by atoms with Crippen LogP contribution in [0.4, 0.5) is 8.78 Å². The monoisotopic (exact) mass is 380 g/mol. The van der Waals surface area contributed by atoms with Gasteiger partial charge in [0.25, 0.3) is 10.7 Å². The van der Waals surface area contributed by atoms with Crippen LogP contribution >= 0.6 is 12.2 Å². The molecule has 0 spiro atoms. The Morgan fingerprint density at radius 1 is 1.27 bits per heavy atom. The lowest BCUT2D eigenvalue weighted by Gasteiger charge is -2.12. The molecule has 0 unspecified atom stereocenters. The van der Waals surface area contributed by atoms with E-state index >= 15 is 0 Å². The molecule has 0 saturated heterocycles. The fourth-order valence-electron chi connectivity index (χ4n) is 2.39. The van der Waals surface area contributed by atoms with Crippen LogP contribution in [0.15, 0.2) is 40.8 Å². The Morgan fingerprint density at radius 2 is 2.08 bits per heavy atom. The first-order chi connectivity index (χ1) is 12.5. The molecule has 3 rings (SSSR count). The normalized spacial score (nSPS) is 10.9. The van der Waals surface area contributed by atoms with Gasteiger partial charge in [-0.15, -0.1) is 0 Å². The molecule has 2 N–H and O–H groups in total. The highest BCUT2D eigenvalue weighted by Gasteiger charge is 2.13. The molecule has 0 aliphatic carbocycles. The Balaban J connectivity index is 1.72. The first-order valence-electron chi connectivity index (χ1n) is 7.49. The minimum atomic E-state index is -2.97.